The molecule has 0 aliphatic carbocycles. The minimum absolute atomic E-state index is 0.326. The van der Waals surface area contributed by atoms with E-state index in [-0.39, 0.29) is 0 Å². The number of ether oxygens (including phenoxy) is 3. The van der Waals surface area contributed by atoms with Crippen LogP contribution in [0, 0.1) is 0 Å². The van der Waals surface area contributed by atoms with Crippen LogP contribution in [0.5, 0.6) is 11.5 Å². The van der Waals surface area contributed by atoms with Crippen molar-refractivity contribution in [1.29, 1.82) is 0 Å². The third-order valence-corrected chi connectivity index (χ3v) is 8.46. The molecule has 40 heavy (non-hydrogen) atoms. The molecule has 0 bridgehead atoms. The van der Waals surface area contributed by atoms with Gasteiger partial charge in [-0.3, -0.25) is 4.98 Å². The van der Waals surface area contributed by atoms with E-state index in [1.807, 2.05) is 30.5 Å². The van der Waals surface area contributed by atoms with Gasteiger partial charge in [-0.15, -0.1) is 5.10 Å². The Labute approximate surface area is 238 Å². The number of hydrogen-bond donors (Lipinski definition) is 0. The molecule has 0 amide bonds. The van der Waals surface area contributed by atoms with E-state index in [1.165, 1.54) is 11.1 Å². The zero-order chi connectivity index (χ0) is 28.5. The van der Waals surface area contributed by atoms with E-state index in [2.05, 4.69) is 79.3 Å². The molecule has 4 aromatic rings. The molecule has 0 fully saturated rings. The minimum Gasteiger partial charge on any atom is -0.497 e. The lowest BCUT2D eigenvalue weighted by Crippen LogP contribution is -2.22. The average molecular weight is 560 g/mol. The van der Waals surface area contributed by atoms with Crippen LogP contribution in [0.25, 0.3) is 11.4 Å². The van der Waals surface area contributed by atoms with Crippen LogP contribution in [-0.4, -0.2) is 47.0 Å². The highest BCUT2D eigenvalue weighted by molar-refractivity contribution is 6.76. The minimum atomic E-state index is -1.14. The first-order valence-corrected chi connectivity index (χ1v) is 17.6. The topological polar surface area (TPSA) is 84.2 Å². The Balaban J connectivity index is 1.41. The number of hydrogen-bond acceptors (Lipinski definition) is 7. The molecule has 2 aromatic carbocycles. The summed E-state index contributed by atoms with van der Waals surface area (Å²) in [5.74, 6) is 2.74. The summed E-state index contributed by atoms with van der Waals surface area (Å²) in [6, 6.07) is 19.5. The highest BCUT2D eigenvalue weighted by atomic mass is 28.3. The Bertz CT molecular complexity index is 1370. The first-order chi connectivity index (χ1) is 19.2. The van der Waals surface area contributed by atoms with Crippen molar-refractivity contribution >= 4 is 8.07 Å². The van der Waals surface area contributed by atoms with E-state index >= 15 is 0 Å². The lowest BCUT2D eigenvalue weighted by molar-refractivity contribution is 0.0784. The fourth-order valence-electron chi connectivity index (χ4n) is 4.34. The van der Waals surface area contributed by atoms with Crippen molar-refractivity contribution in [2.24, 2.45) is 0 Å². The maximum atomic E-state index is 6.39. The number of aromatic nitrogens is 5. The van der Waals surface area contributed by atoms with Crippen molar-refractivity contribution in [3.05, 3.63) is 83.2 Å². The van der Waals surface area contributed by atoms with E-state index in [4.69, 9.17) is 19.2 Å². The van der Waals surface area contributed by atoms with Crippen LogP contribution < -0.4 is 9.47 Å². The number of methoxy groups -OCH3 is 1. The van der Waals surface area contributed by atoms with Gasteiger partial charge in [-0.2, -0.15) is 4.68 Å². The van der Waals surface area contributed by atoms with Crippen LogP contribution in [0.3, 0.4) is 0 Å². The fraction of sp³-hybridized carbons (Fsp3) is 0.419. The summed E-state index contributed by atoms with van der Waals surface area (Å²) in [6.07, 6.45) is 3.50. The second-order valence-electron chi connectivity index (χ2n) is 11.5. The molecular weight excluding hydrogens is 518 g/mol. The first kappa shape index (κ1) is 29.4. The lowest BCUT2D eigenvalue weighted by atomic mass is 9.99. The zero-order valence-corrected chi connectivity index (χ0v) is 25.6. The van der Waals surface area contributed by atoms with Gasteiger partial charge in [0.1, 0.15) is 24.8 Å². The molecule has 0 saturated carbocycles. The van der Waals surface area contributed by atoms with Crippen LogP contribution in [0.1, 0.15) is 42.1 Å². The van der Waals surface area contributed by atoms with Crippen molar-refractivity contribution in [1.82, 2.24) is 25.2 Å². The van der Waals surface area contributed by atoms with Gasteiger partial charge in [0.25, 0.3) is 0 Å². The molecule has 0 atom stereocenters. The molecule has 9 heteroatoms. The van der Waals surface area contributed by atoms with Gasteiger partial charge in [-0.1, -0.05) is 69.9 Å². The van der Waals surface area contributed by atoms with Gasteiger partial charge < -0.3 is 14.2 Å². The second-order valence-corrected chi connectivity index (χ2v) is 17.1. The second kappa shape index (κ2) is 13.7. The number of rotatable bonds is 14. The predicted octanol–water partition coefficient (Wildman–Crippen LogP) is 6.54. The quantitative estimate of drug-likeness (QED) is 0.128. The highest BCUT2D eigenvalue weighted by Gasteiger charge is 2.16. The fourth-order valence-corrected chi connectivity index (χ4v) is 5.09. The molecule has 0 N–H and O–H groups in total. The normalized spacial score (nSPS) is 11.7. The number of tetrazole rings is 1. The monoisotopic (exact) mass is 559 g/mol. The summed E-state index contributed by atoms with van der Waals surface area (Å²) in [4.78, 5) is 4.71. The Morgan fingerprint density at radius 3 is 2.48 bits per heavy atom. The van der Waals surface area contributed by atoms with Crippen LogP contribution >= 0.6 is 0 Å². The summed E-state index contributed by atoms with van der Waals surface area (Å²) in [6.45, 7) is 12.9. The van der Waals surface area contributed by atoms with Gasteiger partial charge in [0, 0.05) is 32.0 Å². The Morgan fingerprint density at radius 1 is 0.950 bits per heavy atom. The molecule has 2 aromatic heterocycles. The number of aryl methyl sites for hydroxylation is 2. The summed E-state index contributed by atoms with van der Waals surface area (Å²) in [5, 5.41) is 12.2. The summed E-state index contributed by atoms with van der Waals surface area (Å²) in [5.41, 5.74) is 5.37. The standard InChI is InChI=1S/C31H41N5O3Si/c1-23(2)28-16-17-32-29(30(28)39-21-25-8-7-9-27(20-25)37-3)15-12-24-10-13-26(14-11-24)31-33-34-35-36(31)22-38-18-19-40(4,5)6/h7-11,13-14,16-17,20,23H,12,15,18-19,21-22H2,1-6H3. The van der Waals surface area contributed by atoms with Crippen molar-refractivity contribution in [3.63, 3.8) is 0 Å². The van der Waals surface area contributed by atoms with Crippen molar-refractivity contribution in [2.75, 3.05) is 13.7 Å². The van der Waals surface area contributed by atoms with E-state index in [0.29, 0.717) is 25.1 Å². The van der Waals surface area contributed by atoms with Crippen molar-refractivity contribution in [2.45, 2.75) is 71.6 Å². The maximum absolute atomic E-state index is 6.39. The largest absolute Gasteiger partial charge is 0.497 e. The molecule has 0 spiro atoms. The van der Waals surface area contributed by atoms with E-state index in [9.17, 15) is 0 Å². The van der Waals surface area contributed by atoms with Gasteiger partial charge in [-0.05, 0) is 64.6 Å². The van der Waals surface area contributed by atoms with Gasteiger partial charge in [0.05, 0.1) is 12.8 Å². The summed E-state index contributed by atoms with van der Waals surface area (Å²) in [7, 11) is 0.541. The molecule has 0 saturated heterocycles. The molecule has 0 unspecified atom stereocenters. The molecule has 2 heterocycles. The molecule has 0 aliphatic rings. The van der Waals surface area contributed by atoms with Gasteiger partial charge in [0.2, 0.25) is 0 Å². The van der Waals surface area contributed by atoms with Crippen LogP contribution in [0.15, 0.2) is 60.8 Å². The molecule has 4 rings (SSSR count). The highest BCUT2D eigenvalue weighted by Crippen LogP contribution is 2.31. The van der Waals surface area contributed by atoms with Crippen molar-refractivity contribution < 1.29 is 14.2 Å². The van der Waals surface area contributed by atoms with Crippen LogP contribution in [-0.2, 0) is 30.9 Å². The third-order valence-electron chi connectivity index (χ3n) is 6.75. The van der Waals surface area contributed by atoms with Gasteiger partial charge in [0.15, 0.2) is 5.82 Å². The smallest absolute Gasteiger partial charge is 0.184 e. The molecule has 212 valence electrons. The molecular formula is C31H41N5O3Si. The zero-order valence-electron chi connectivity index (χ0n) is 24.6. The predicted molar refractivity (Wildman–Crippen MR) is 160 cm³/mol. The Kier molecular flexibility index (Phi) is 10.1. The first-order valence-electron chi connectivity index (χ1n) is 13.9. The van der Waals surface area contributed by atoms with Crippen LogP contribution in [0.2, 0.25) is 25.7 Å². The van der Waals surface area contributed by atoms with E-state index < -0.39 is 8.07 Å². The molecule has 8 nitrogen and oxygen atoms in total. The summed E-state index contributed by atoms with van der Waals surface area (Å²) < 4.78 is 19.3. The van der Waals surface area contributed by atoms with Gasteiger partial charge >= 0.3 is 0 Å². The third kappa shape index (κ3) is 8.22. The molecule has 0 radical (unpaired) electrons. The van der Waals surface area contributed by atoms with Gasteiger partial charge in [-0.25, -0.2) is 0 Å². The van der Waals surface area contributed by atoms with Crippen LogP contribution in [0.4, 0.5) is 0 Å². The summed E-state index contributed by atoms with van der Waals surface area (Å²) >= 11 is 0. The molecule has 0 aliphatic heterocycles. The Morgan fingerprint density at radius 2 is 1.75 bits per heavy atom. The number of benzene rings is 2. The van der Waals surface area contributed by atoms with Crippen molar-refractivity contribution in [3.8, 4) is 22.9 Å². The Hall–Kier alpha value is -3.56. The maximum Gasteiger partial charge on any atom is 0.184 e. The lowest BCUT2D eigenvalue weighted by Gasteiger charge is -2.18. The SMILES string of the molecule is COc1cccc(COc2c(C(C)C)ccnc2CCc2ccc(-c3nnnn3COCC[Si](C)(C)C)cc2)c1. The van der Waals surface area contributed by atoms with E-state index in [1.54, 1.807) is 11.8 Å². The number of pyridine rings is 1. The van der Waals surface area contributed by atoms with E-state index in [0.717, 1.165) is 53.8 Å². The number of nitrogens with zero attached hydrogens (tertiary/aromatic N) is 5. The average Bonchev–Trinajstić information content (AvgIpc) is 3.41.